The van der Waals surface area contributed by atoms with Gasteiger partial charge in [0.2, 0.25) is 23.6 Å². The van der Waals surface area contributed by atoms with Gasteiger partial charge >= 0.3 is 0 Å². The Bertz CT molecular complexity index is 1570. The van der Waals surface area contributed by atoms with Crippen molar-refractivity contribution in [3.8, 4) is 16.9 Å². The van der Waals surface area contributed by atoms with Gasteiger partial charge in [0.15, 0.2) is 5.96 Å². The standard InChI is InChI=1S/C34H44N8O5/c1-20-15-24(43)16-21(2)26(20)18-27(35)31(45)41-28(13-8-14-39-34(37)38)33(47)42-29(32(46)40-19-30(36)44)17-23-11-6-7-12-25(23)22-9-4-3-5-10-22/h3-7,9-12,15-16,27-29,43H,8,13-14,17-19,35H2,1-2H3,(H2,36,44)(H,40,46)(H,41,45)(H,42,47)(H4,37,38,39)/t27-,28+,29-/m0/s1. The minimum absolute atomic E-state index is 0.0784. The first-order valence-electron chi connectivity index (χ1n) is 15.3. The van der Waals surface area contributed by atoms with Gasteiger partial charge in [0.05, 0.1) is 12.6 Å². The molecule has 0 fully saturated rings. The summed E-state index contributed by atoms with van der Waals surface area (Å²) >= 11 is 0. The third-order valence-electron chi connectivity index (χ3n) is 7.62. The minimum atomic E-state index is -1.13. The maximum atomic E-state index is 13.8. The van der Waals surface area contributed by atoms with Crippen molar-refractivity contribution in [2.24, 2.45) is 27.9 Å². The number of hydrogen-bond donors (Lipinski definition) is 8. The Morgan fingerprint density at radius 3 is 2.06 bits per heavy atom. The first-order chi connectivity index (χ1) is 22.3. The lowest BCUT2D eigenvalue weighted by atomic mass is 9.94. The van der Waals surface area contributed by atoms with E-state index >= 15 is 0 Å². The molecule has 0 aliphatic heterocycles. The number of aliphatic imine (C=N–C) groups is 1. The molecule has 13 heteroatoms. The number of amides is 4. The first-order valence-corrected chi connectivity index (χ1v) is 15.3. The van der Waals surface area contributed by atoms with Gasteiger partial charge in [0, 0.05) is 13.0 Å². The highest BCUT2D eigenvalue weighted by Crippen LogP contribution is 2.25. The topological polar surface area (TPSA) is 241 Å². The van der Waals surface area contributed by atoms with Gasteiger partial charge < -0.3 is 44.0 Å². The van der Waals surface area contributed by atoms with Crippen LogP contribution in [0.25, 0.3) is 11.1 Å². The van der Waals surface area contributed by atoms with E-state index in [1.54, 1.807) is 12.1 Å². The van der Waals surface area contributed by atoms with Crippen LogP contribution >= 0.6 is 0 Å². The Balaban J connectivity index is 1.85. The van der Waals surface area contributed by atoms with E-state index < -0.39 is 48.3 Å². The lowest BCUT2D eigenvalue weighted by Gasteiger charge is -2.25. The van der Waals surface area contributed by atoms with Gasteiger partial charge in [0.1, 0.15) is 17.8 Å². The van der Waals surface area contributed by atoms with Gasteiger partial charge in [-0.2, -0.15) is 0 Å². The molecular formula is C34H44N8O5. The lowest BCUT2D eigenvalue weighted by molar-refractivity contribution is -0.133. The van der Waals surface area contributed by atoms with Crippen LogP contribution < -0.4 is 38.9 Å². The SMILES string of the molecule is Cc1cc(O)cc(C)c1C[C@H](N)C(=O)N[C@H](CCCN=C(N)N)C(=O)N[C@@H](Cc1ccccc1-c1ccccc1)C(=O)NCC(N)=O. The Morgan fingerprint density at radius 2 is 1.43 bits per heavy atom. The van der Waals surface area contributed by atoms with Crippen molar-refractivity contribution in [1.29, 1.82) is 0 Å². The third kappa shape index (κ3) is 11.2. The number of hydrogen-bond acceptors (Lipinski definition) is 7. The van der Waals surface area contributed by atoms with Gasteiger partial charge in [-0.1, -0.05) is 54.6 Å². The molecule has 0 aromatic heterocycles. The molecule has 13 nitrogen and oxygen atoms in total. The van der Waals surface area contributed by atoms with Crippen LogP contribution in [-0.2, 0) is 32.0 Å². The molecular weight excluding hydrogens is 600 g/mol. The largest absolute Gasteiger partial charge is 0.508 e. The summed E-state index contributed by atoms with van der Waals surface area (Å²) in [6.45, 7) is 3.40. The summed E-state index contributed by atoms with van der Waals surface area (Å²) in [5, 5.41) is 17.9. The zero-order chi connectivity index (χ0) is 34.5. The second-order valence-corrected chi connectivity index (χ2v) is 11.4. The highest BCUT2D eigenvalue weighted by atomic mass is 16.3. The van der Waals surface area contributed by atoms with Crippen LogP contribution in [0.3, 0.4) is 0 Å². The molecule has 0 bridgehead atoms. The van der Waals surface area contributed by atoms with E-state index in [1.165, 1.54) is 0 Å². The number of nitrogens with two attached hydrogens (primary N) is 4. The molecule has 0 spiro atoms. The van der Waals surface area contributed by atoms with Crippen LogP contribution in [0.2, 0.25) is 0 Å². The summed E-state index contributed by atoms with van der Waals surface area (Å²) in [5.74, 6) is -2.58. The number of phenolic OH excluding ortho intramolecular Hbond substituents is 1. The van der Waals surface area contributed by atoms with Crippen molar-refractivity contribution >= 4 is 29.6 Å². The molecule has 250 valence electrons. The molecule has 47 heavy (non-hydrogen) atoms. The van der Waals surface area contributed by atoms with E-state index in [0.29, 0.717) is 6.42 Å². The number of phenols is 1. The van der Waals surface area contributed by atoms with Crippen LogP contribution in [-0.4, -0.2) is 65.9 Å². The van der Waals surface area contributed by atoms with E-state index in [1.807, 2.05) is 68.4 Å². The maximum Gasteiger partial charge on any atom is 0.243 e. The number of aryl methyl sites for hydroxylation is 2. The Morgan fingerprint density at radius 1 is 0.809 bits per heavy atom. The monoisotopic (exact) mass is 644 g/mol. The average Bonchev–Trinajstić information content (AvgIpc) is 3.02. The summed E-state index contributed by atoms with van der Waals surface area (Å²) in [4.78, 5) is 55.8. The highest BCUT2D eigenvalue weighted by molar-refractivity contribution is 5.94. The quantitative estimate of drug-likeness (QED) is 0.0615. The molecule has 0 saturated carbocycles. The Hall–Kier alpha value is -5.43. The fourth-order valence-electron chi connectivity index (χ4n) is 5.25. The van der Waals surface area contributed by atoms with Crippen molar-refractivity contribution in [2.45, 2.75) is 57.7 Å². The lowest BCUT2D eigenvalue weighted by Crippen LogP contribution is -2.57. The number of carbonyl (C=O) groups is 4. The van der Waals surface area contributed by atoms with Gasteiger partial charge in [-0.25, -0.2) is 0 Å². The molecule has 4 amide bonds. The molecule has 0 saturated heterocycles. The van der Waals surface area contributed by atoms with E-state index in [-0.39, 0.29) is 37.5 Å². The van der Waals surface area contributed by atoms with Crippen LogP contribution in [0, 0.1) is 13.8 Å². The number of aromatic hydroxyl groups is 1. The molecule has 0 aliphatic carbocycles. The van der Waals surface area contributed by atoms with Gasteiger partial charge in [-0.05, 0) is 78.6 Å². The second kappa shape index (κ2) is 17.3. The fourth-order valence-corrected chi connectivity index (χ4v) is 5.25. The number of carbonyl (C=O) groups excluding carboxylic acids is 4. The van der Waals surface area contributed by atoms with Crippen LogP contribution in [0.15, 0.2) is 71.7 Å². The van der Waals surface area contributed by atoms with Crippen molar-refractivity contribution in [3.05, 3.63) is 89.0 Å². The smallest absolute Gasteiger partial charge is 0.243 e. The maximum absolute atomic E-state index is 13.8. The summed E-state index contributed by atoms with van der Waals surface area (Å²) in [5.41, 5.74) is 27.3. The van der Waals surface area contributed by atoms with E-state index in [4.69, 9.17) is 22.9 Å². The van der Waals surface area contributed by atoms with Gasteiger partial charge in [-0.3, -0.25) is 24.2 Å². The number of benzene rings is 3. The Labute approximate surface area is 274 Å². The van der Waals surface area contributed by atoms with Crippen LogP contribution in [0.1, 0.15) is 35.1 Å². The zero-order valence-electron chi connectivity index (χ0n) is 26.7. The summed E-state index contributed by atoms with van der Waals surface area (Å²) in [6.07, 6.45) is 0.709. The fraction of sp³-hybridized carbons (Fsp3) is 0.324. The summed E-state index contributed by atoms with van der Waals surface area (Å²) in [6, 6.07) is 17.0. The second-order valence-electron chi connectivity index (χ2n) is 11.4. The average molecular weight is 645 g/mol. The van der Waals surface area contributed by atoms with Gasteiger partial charge in [0.25, 0.3) is 0 Å². The highest BCUT2D eigenvalue weighted by Gasteiger charge is 2.29. The number of primary amides is 1. The number of nitrogens with one attached hydrogen (secondary N) is 3. The molecule has 3 rings (SSSR count). The number of guanidine groups is 1. The van der Waals surface area contributed by atoms with E-state index in [2.05, 4.69) is 20.9 Å². The van der Waals surface area contributed by atoms with Crippen molar-refractivity contribution in [2.75, 3.05) is 13.1 Å². The van der Waals surface area contributed by atoms with Crippen molar-refractivity contribution in [1.82, 2.24) is 16.0 Å². The normalized spacial score (nSPS) is 12.7. The van der Waals surface area contributed by atoms with Crippen LogP contribution in [0.5, 0.6) is 5.75 Å². The molecule has 3 aromatic carbocycles. The van der Waals surface area contributed by atoms with Crippen LogP contribution in [0.4, 0.5) is 0 Å². The van der Waals surface area contributed by atoms with E-state index in [0.717, 1.165) is 33.4 Å². The van der Waals surface area contributed by atoms with Gasteiger partial charge in [-0.15, -0.1) is 0 Å². The van der Waals surface area contributed by atoms with E-state index in [9.17, 15) is 24.3 Å². The molecule has 12 N–H and O–H groups in total. The van der Waals surface area contributed by atoms with Crippen molar-refractivity contribution in [3.63, 3.8) is 0 Å². The summed E-state index contributed by atoms with van der Waals surface area (Å²) < 4.78 is 0. The predicted molar refractivity (Wildman–Crippen MR) is 181 cm³/mol. The predicted octanol–water partition coefficient (Wildman–Crippen LogP) is 0.413. The molecule has 0 unspecified atom stereocenters. The molecule has 3 aromatic rings. The molecule has 0 heterocycles. The third-order valence-corrected chi connectivity index (χ3v) is 7.62. The first kappa shape index (κ1) is 36.0. The molecule has 0 radical (unpaired) electrons. The zero-order valence-corrected chi connectivity index (χ0v) is 26.7. The molecule has 3 atom stereocenters. The Kier molecular flexibility index (Phi) is 13.3. The minimum Gasteiger partial charge on any atom is -0.508 e. The molecule has 0 aliphatic rings. The summed E-state index contributed by atoms with van der Waals surface area (Å²) in [7, 11) is 0. The van der Waals surface area contributed by atoms with Crippen molar-refractivity contribution < 1.29 is 24.3 Å². The number of nitrogens with zero attached hydrogens (tertiary/aromatic N) is 1. The number of rotatable bonds is 16.